The Morgan fingerprint density at radius 1 is 1.44 bits per heavy atom. The highest BCUT2D eigenvalue weighted by molar-refractivity contribution is 8.06. The van der Waals surface area contributed by atoms with Gasteiger partial charge in [-0.2, -0.15) is 0 Å². The minimum Gasteiger partial charge on any atom is -0.494 e. The van der Waals surface area contributed by atoms with E-state index in [1.807, 2.05) is 0 Å². The maximum absolute atomic E-state index is 5.51. The highest BCUT2D eigenvalue weighted by Crippen LogP contribution is 2.55. The second-order valence-electron chi connectivity index (χ2n) is 1.41. The molecular weight excluding hydrogens is 182 g/mol. The highest BCUT2D eigenvalue weighted by atomic mass is 35.9. The summed E-state index contributed by atoms with van der Waals surface area (Å²) in [6.07, 6.45) is 1.47. The van der Waals surface area contributed by atoms with Crippen LogP contribution in [0.3, 0.4) is 0 Å². The summed E-state index contributed by atoms with van der Waals surface area (Å²) in [7, 11) is 0. The number of rotatable bonds is 1. The summed E-state index contributed by atoms with van der Waals surface area (Å²) in [5, 5.41) is 0. The molecule has 0 aromatic rings. The van der Waals surface area contributed by atoms with E-state index in [0.717, 1.165) is 0 Å². The number of halogens is 2. The zero-order valence-electron chi connectivity index (χ0n) is 4.51. The first-order valence-corrected chi connectivity index (χ1v) is 5.52. The molecule has 1 aliphatic heterocycles. The molecule has 0 aromatic carbocycles. The molecule has 9 heavy (non-hydrogen) atoms. The molecule has 0 saturated heterocycles. The Kier molecular flexibility index (Phi) is 2.90. The Labute approximate surface area is 64.1 Å². The molecule has 0 aliphatic carbocycles. The minimum absolute atomic E-state index is 0.546. The van der Waals surface area contributed by atoms with E-state index in [1.54, 1.807) is 0 Å². The van der Waals surface area contributed by atoms with Crippen molar-refractivity contribution in [1.82, 2.24) is 0 Å². The zero-order valence-corrected chi connectivity index (χ0v) is 6.92. The van der Waals surface area contributed by atoms with Crippen LogP contribution < -0.4 is 0 Å². The topological polar surface area (TPSA) is 18.5 Å². The van der Waals surface area contributed by atoms with Crippen molar-refractivity contribution >= 4 is 29.1 Å². The summed E-state index contributed by atoms with van der Waals surface area (Å²) in [6.45, 7) is -0.0308. The number of hydrogen-bond acceptors (Lipinski definition) is 2. The van der Waals surface area contributed by atoms with Gasteiger partial charge in [0, 0.05) is 0 Å². The normalized spacial score (nSPS) is 18.3. The van der Waals surface area contributed by atoms with Crippen LogP contribution in [-0.2, 0) is 9.47 Å². The van der Waals surface area contributed by atoms with Gasteiger partial charge >= 0.3 is 0 Å². The fourth-order valence-corrected chi connectivity index (χ4v) is 1.32. The fraction of sp³-hybridized carbons (Fsp3) is 0.500. The van der Waals surface area contributed by atoms with Gasteiger partial charge in [-0.05, 0) is 0 Å². The molecule has 5 heteroatoms. The van der Waals surface area contributed by atoms with Gasteiger partial charge in [-0.1, -0.05) is 22.5 Å². The van der Waals surface area contributed by atoms with E-state index >= 15 is 0 Å². The number of hydrogen-bond donors (Lipinski definition) is 0. The predicted octanol–water partition coefficient (Wildman–Crippen LogP) is 2.62. The molecule has 0 aromatic heterocycles. The lowest BCUT2D eigenvalue weighted by Crippen LogP contribution is -2.05. The molecule has 1 heterocycles. The number of ether oxygens (including phenoxy) is 2. The summed E-state index contributed by atoms with van der Waals surface area (Å²) >= 11 is 11.0. The first-order chi connectivity index (χ1) is 4.30. The summed E-state index contributed by atoms with van der Waals surface area (Å²) < 4.78 is 9.94. The van der Waals surface area contributed by atoms with Crippen molar-refractivity contribution in [2.75, 3.05) is 13.2 Å². The molecule has 0 radical (unpaired) electrons. The molecule has 0 spiro atoms. The third-order valence-corrected chi connectivity index (χ3v) is 2.37. The van der Waals surface area contributed by atoms with Crippen LogP contribution >= 0.6 is 29.1 Å². The Bertz CT molecular complexity index is 126. The Morgan fingerprint density at radius 2 is 2.22 bits per heavy atom. The third-order valence-electron chi connectivity index (χ3n) is 0.802. The largest absolute Gasteiger partial charge is 0.494 e. The molecule has 52 valence electrons. The second-order valence-corrected chi connectivity index (χ2v) is 4.86. The van der Waals surface area contributed by atoms with Crippen molar-refractivity contribution < 1.29 is 9.47 Å². The molecule has 0 fully saturated rings. The van der Waals surface area contributed by atoms with E-state index in [1.165, 1.54) is 6.26 Å². The maximum Gasteiger partial charge on any atom is 0.183 e. The predicted molar refractivity (Wildman–Crippen MR) is 38.6 cm³/mol. The van der Waals surface area contributed by atoms with Gasteiger partial charge in [0.05, 0.1) is 0 Å². The molecule has 0 bridgehead atoms. The lowest BCUT2D eigenvalue weighted by atomic mass is 10.7. The fourth-order valence-electron chi connectivity index (χ4n) is 0.447. The van der Waals surface area contributed by atoms with Crippen LogP contribution in [0.4, 0.5) is 0 Å². The van der Waals surface area contributed by atoms with Gasteiger partial charge in [-0.25, -0.2) is 0 Å². The highest BCUT2D eigenvalue weighted by Gasteiger charge is 2.12. The van der Waals surface area contributed by atoms with E-state index < -0.39 is 6.63 Å². The van der Waals surface area contributed by atoms with Gasteiger partial charge in [-0.15, -0.1) is 0 Å². The van der Waals surface area contributed by atoms with E-state index in [-0.39, 0.29) is 0 Å². The molecule has 0 atom stereocenters. The quantitative estimate of drug-likeness (QED) is 0.587. The molecule has 1 aliphatic rings. The summed E-state index contributed by atoms with van der Waals surface area (Å²) in [5.41, 5.74) is 0.555. The van der Waals surface area contributed by atoms with Crippen molar-refractivity contribution in [3.05, 3.63) is 11.8 Å². The van der Waals surface area contributed by atoms with Gasteiger partial charge in [-0.3, -0.25) is 0 Å². The van der Waals surface area contributed by atoms with E-state index in [9.17, 15) is 0 Å². The third kappa shape index (κ3) is 2.21. The second kappa shape index (κ2) is 3.50. The van der Waals surface area contributed by atoms with Crippen molar-refractivity contribution in [2.45, 2.75) is 0 Å². The van der Waals surface area contributed by atoms with Crippen molar-refractivity contribution in [3.8, 4) is 0 Å². The van der Waals surface area contributed by atoms with Crippen molar-refractivity contribution in [3.63, 3.8) is 0 Å². The SMILES string of the molecule is ClP(Cl)C1=COCCO1. The summed E-state index contributed by atoms with van der Waals surface area (Å²) in [5.74, 6) is 0. The average Bonchev–Trinajstić information content (AvgIpc) is 1.90. The Balaban J connectivity index is 2.46. The van der Waals surface area contributed by atoms with Gasteiger partial charge in [0.25, 0.3) is 0 Å². The first-order valence-electron chi connectivity index (χ1n) is 2.37. The smallest absolute Gasteiger partial charge is 0.183 e. The monoisotopic (exact) mass is 186 g/mol. The van der Waals surface area contributed by atoms with Crippen LogP contribution in [0, 0.1) is 0 Å². The van der Waals surface area contributed by atoms with E-state index in [4.69, 9.17) is 32.0 Å². The molecule has 2 nitrogen and oxygen atoms in total. The van der Waals surface area contributed by atoms with Gasteiger partial charge in [0.2, 0.25) is 0 Å². The summed E-state index contributed by atoms with van der Waals surface area (Å²) in [4.78, 5) is 0. The van der Waals surface area contributed by atoms with Gasteiger partial charge in [0.15, 0.2) is 12.1 Å². The molecule has 1 rings (SSSR count). The minimum atomic E-state index is -1.16. The maximum atomic E-state index is 5.51. The lowest BCUT2D eigenvalue weighted by molar-refractivity contribution is 0.100. The van der Waals surface area contributed by atoms with Crippen LogP contribution in [0.25, 0.3) is 0 Å². The molecule has 0 unspecified atom stereocenters. The van der Waals surface area contributed by atoms with Crippen molar-refractivity contribution in [1.29, 1.82) is 0 Å². The molecule has 0 N–H and O–H groups in total. The Morgan fingerprint density at radius 3 is 2.56 bits per heavy atom. The van der Waals surface area contributed by atoms with Gasteiger partial charge < -0.3 is 9.47 Å². The van der Waals surface area contributed by atoms with E-state index in [0.29, 0.717) is 18.7 Å². The first kappa shape index (κ1) is 7.46. The summed E-state index contributed by atoms with van der Waals surface area (Å²) in [6, 6.07) is 0. The average molecular weight is 187 g/mol. The van der Waals surface area contributed by atoms with Crippen LogP contribution in [-0.4, -0.2) is 13.2 Å². The molecule has 0 amide bonds. The van der Waals surface area contributed by atoms with Crippen LogP contribution in [0.2, 0.25) is 0 Å². The molecule has 0 saturated carbocycles. The van der Waals surface area contributed by atoms with Crippen molar-refractivity contribution in [2.24, 2.45) is 0 Å². The standard InChI is InChI=1S/C4H5Cl2O2P/c5-9(6)4-3-7-1-2-8-4/h3H,1-2H2. The van der Waals surface area contributed by atoms with E-state index in [2.05, 4.69) is 0 Å². The molecular formula is C4H5Cl2O2P. The van der Waals surface area contributed by atoms with Crippen LogP contribution in [0.5, 0.6) is 0 Å². The van der Waals surface area contributed by atoms with Crippen LogP contribution in [0.15, 0.2) is 11.8 Å². The lowest BCUT2D eigenvalue weighted by Gasteiger charge is -2.14. The Hall–Kier alpha value is 0.350. The van der Waals surface area contributed by atoms with Crippen LogP contribution in [0.1, 0.15) is 0 Å². The zero-order chi connectivity index (χ0) is 6.69. The van der Waals surface area contributed by atoms with Gasteiger partial charge in [0.1, 0.15) is 19.5 Å².